The van der Waals surface area contributed by atoms with Crippen molar-refractivity contribution in [1.29, 1.82) is 0 Å². The molecule has 0 spiro atoms. The van der Waals surface area contributed by atoms with Gasteiger partial charge >= 0.3 is 0 Å². The molecule has 0 amide bonds. The van der Waals surface area contributed by atoms with E-state index >= 15 is 0 Å². The van der Waals surface area contributed by atoms with Crippen molar-refractivity contribution in [2.75, 3.05) is 39.8 Å². The highest BCUT2D eigenvalue weighted by molar-refractivity contribution is 4.73. The number of rotatable bonds is 3. The maximum atomic E-state index is 3.63. The van der Waals surface area contributed by atoms with E-state index in [1.807, 2.05) is 0 Å². The van der Waals surface area contributed by atoms with Crippen molar-refractivity contribution in [1.82, 2.24) is 15.3 Å². The van der Waals surface area contributed by atoms with Crippen LogP contribution in [-0.2, 0) is 0 Å². The largest absolute Gasteiger partial charge is 0.304 e. The summed E-state index contributed by atoms with van der Waals surface area (Å²) in [6, 6.07) is 0. The molecule has 16 heavy (non-hydrogen) atoms. The van der Waals surface area contributed by atoms with Crippen LogP contribution in [0.3, 0.4) is 0 Å². The zero-order chi connectivity index (χ0) is 11.4. The first-order chi connectivity index (χ1) is 7.74. The summed E-state index contributed by atoms with van der Waals surface area (Å²) in [5.41, 5.74) is 3.63. The van der Waals surface area contributed by atoms with Crippen LogP contribution in [0, 0.1) is 11.8 Å². The van der Waals surface area contributed by atoms with Crippen LogP contribution in [-0.4, -0.2) is 49.7 Å². The van der Waals surface area contributed by atoms with Crippen molar-refractivity contribution in [3.63, 3.8) is 0 Å². The Hall–Kier alpha value is -0.120. The minimum Gasteiger partial charge on any atom is -0.304 e. The van der Waals surface area contributed by atoms with E-state index in [2.05, 4.69) is 29.3 Å². The summed E-state index contributed by atoms with van der Waals surface area (Å²) in [7, 11) is 2.21. The molecule has 0 unspecified atom stereocenters. The summed E-state index contributed by atoms with van der Waals surface area (Å²) >= 11 is 0. The second-order valence-corrected chi connectivity index (χ2v) is 5.78. The number of hydrogen-bond acceptors (Lipinski definition) is 3. The summed E-state index contributed by atoms with van der Waals surface area (Å²) in [5.74, 6) is 1.90. The molecule has 0 radical (unpaired) electrons. The minimum atomic E-state index is 0.927. The van der Waals surface area contributed by atoms with Crippen LogP contribution in [0.25, 0.3) is 0 Å². The monoisotopic (exact) mass is 225 g/mol. The summed E-state index contributed by atoms with van der Waals surface area (Å²) < 4.78 is 0. The molecule has 1 N–H and O–H groups in total. The summed E-state index contributed by atoms with van der Waals surface area (Å²) in [5, 5.41) is 2.41. The SMILES string of the molecule is CC1CCC(CNN2CCN(C)CC2)CC1. The highest BCUT2D eigenvalue weighted by Crippen LogP contribution is 2.27. The predicted octanol–water partition coefficient (Wildman–Crippen LogP) is 1.56. The van der Waals surface area contributed by atoms with E-state index in [9.17, 15) is 0 Å². The van der Waals surface area contributed by atoms with Crippen LogP contribution < -0.4 is 5.43 Å². The Kier molecular flexibility index (Phi) is 4.62. The Labute approximate surface area is 100 Å². The molecule has 1 aliphatic carbocycles. The molecule has 0 bridgehead atoms. The molecule has 2 aliphatic rings. The number of nitrogens with one attached hydrogen (secondary N) is 1. The van der Waals surface area contributed by atoms with Gasteiger partial charge in [-0.3, -0.25) is 5.43 Å². The third-order valence-corrected chi connectivity index (χ3v) is 4.24. The van der Waals surface area contributed by atoms with Crippen molar-refractivity contribution < 1.29 is 0 Å². The first-order valence-electron chi connectivity index (χ1n) is 6.91. The van der Waals surface area contributed by atoms with Gasteiger partial charge in [-0.1, -0.05) is 19.8 Å². The van der Waals surface area contributed by atoms with E-state index in [0.29, 0.717) is 0 Å². The third-order valence-electron chi connectivity index (χ3n) is 4.24. The third kappa shape index (κ3) is 3.72. The standard InChI is InChI=1S/C13H27N3/c1-12-3-5-13(6-4-12)11-14-16-9-7-15(2)8-10-16/h12-14H,3-11H2,1-2H3. The number of nitrogens with zero attached hydrogens (tertiary/aromatic N) is 2. The average Bonchev–Trinajstić information content (AvgIpc) is 2.30. The highest BCUT2D eigenvalue weighted by Gasteiger charge is 2.19. The smallest absolute Gasteiger partial charge is 0.0259 e. The normalized spacial score (nSPS) is 34.1. The van der Waals surface area contributed by atoms with Gasteiger partial charge in [0.25, 0.3) is 0 Å². The fraction of sp³-hybridized carbons (Fsp3) is 1.00. The molecule has 0 aromatic rings. The zero-order valence-electron chi connectivity index (χ0n) is 10.9. The van der Waals surface area contributed by atoms with Gasteiger partial charge in [-0.05, 0) is 31.7 Å². The van der Waals surface area contributed by atoms with Crippen molar-refractivity contribution in [3.05, 3.63) is 0 Å². The van der Waals surface area contributed by atoms with Crippen molar-refractivity contribution >= 4 is 0 Å². The molecule has 1 saturated heterocycles. The molecule has 1 saturated carbocycles. The van der Waals surface area contributed by atoms with E-state index in [0.717, 1.165) is 11.8 Å². The fourth-order valence-corrected chi connectivity index (χ4v) is 2.76. The van der Waals surface area contributed by atoms with Gasteiger partial charge in [0.1, 0.15) is 0 Å². The van der Waals surface area contributed by atoms with Crippen LogP contribution >= 0.6 is 0 Å². The molecular formula is C13H27N3. The average molecular weight is 225 g/mol. The van der Waals surface area contributed by atoms with Crippen LogP contribution in [0.15, 0.2) is 0 Å². The second kappa shape index (κ2) is 5.99. The number of likely N-dealkylation sites (N-methyl/N-ethyl adjacent to an activating group) is 1. The summed E-state index contributed by atoms with van der Waals surface area (Å²) in [6.45, 7) is 8.36. The lowest BCUT2D eigenvalue weighted by Crippen LogP contribution is -2.51. The van der Waals surface area contributed by atoms with Gasteiger partial charge in [0.15, 0.2) is 0 Å². The van der Waals surface area contributed by atoms with E-state index in [-0.39, 0.29) is 0 Å². The summed E-state index contributed by atoms with van der Waals surface area (Å²) in [6.07, 6.45) is 5.74. The molecule has 1 aliphatic heterocycles. The van der Waals surface area contributed by atoms with E-state index in [1.165, 1.54) is 58.4 Å². The Morgan fingerprint density at radius 2 is 1.62 bits per heavy atom. The summed E-state index contributed by atoms with van der Waals surface area (Å²) in [4.78, 5) is 2.40. The first kappa shape index (κ1) is 12.3. The maximum Gasteiger partial charge on any atom is 0.0259 e. The molecule has 2 fully saturated rings. The lowest BCUT2D eigenvalue weighted by atomic mass is 9.83. The molecule has 0 atom stereocenters. The van der Waals surface area contributed by atoms with Gasteiger partial charge in [0.05, 0.1) is 0 Å². The van der Waals surface area contributed by atoms with Crippen molar-refractivity contribution in [2.45, 2.75) is 32.6 Å². The Bertz CT molecular complexity index is 169. The van der Waals surface area contributed by atoms with Crippen molar-refractivity contribution in [2.24, 2.45) is 11.8 Å². The molecule has 1 heterocycles. The Balaban J connectivity index is 1.60. The Morgan fingerprint density at radius 3 is 2.25 bits per heavy atom. The van der Waals surface area contributed by atoms with Gasteiger partial charge in [-0.15, -0.1) is 0 Å². The van der Waals surface area contributed by atoms with Gasteiger partial charge in [0, 0.05) is 32.7 Å². The van der Waals surface area contributed by atoms with E-state index in [1.54, 1.807) is 0 Å². The van der Waals surface area contributed by atoms with Crippen molar-refractivity contribution in [3.8, 4) is 0 Å². The quantitative estimate of drug-likeness (QED) is 0.786. The number of piperazine rings is 1. The second-order valence-electron chi connectivity index (χ2n) is 5.78. The highest BCUT2D eigenvalue weighted by atomic mass is 15.5. The maximum absolute atomic E-state index is 3.63. The van der Waals surface area contributed by atoms with Crippen LogP contribution in [0.5, 0.6) is 0 Å². The molecule has 0 aromatic heterocycles. The molecule has 3 nitrogen and oxygen atoms in total. The topological polar surface area (TPSA) is 18.5 Å². The molecule has 2 rings (SSSR count). The molecular weight excluding hydrogens is 198 g/mol. The van der Waals surface area contributed by atoms with Gasteiger partial charge in [-0.25, -0.2) is 5.01 Å². The zero-order valence-corrected chi connectivity index (χ0v) is 10.9. The minimum absolute atomic E-state index is 0.927. The van der Waals surface area contributed by atoms with Gasteiger partial charge in [0.2, 0.25) is 0 Å². The van der Waals surface area contributed by atoms with E-state index < -0.39 is 0 Å². The van der Waals surface area contributed by atoms with Crippen LogP contribution in [0.2, 0.25) is 0 Å². The molecule has 94 valence electrons. The van der Waals surface area contributed by atoms with Gasteiger partial charge < -0.3 is 4.90 Å². The number of hydrazine groups is 1. The lowest BCUT2D eigenvalue weighted by Gasteiger charge is -2.34. The first-order valence-corrected chi connectivity index (χ1v) is 6.91. The van der Waals surface area contributed by atoms with Crippen LogP contribution in [0.4, 0.5) is 0 Å². The van der Waals surface area contributed by atoms with Gasteiger partial charge in [-0.2, -0.15) is 0 Å². The Morgan fingerprint density at radius 1 is 1.00 bits per heavy atom. The number of hydrogen-bond donors (Lipinski definition) is 1. The predicted molar refractivity (Wildman–Crippen MR) is 68.2 cm³/mol. The molecule has 3 heteroatoms. The molecule has 0 aromatic carbocycles. The lowest BCUT2D eigenvalue weighted by molar-refractivity contribution is 0.0923. The fourth-order valence-electron chi connectivity index (χ4n) is 2.76. The van der Waals surface area contributed by atoms with E-state index in [4.69, 9.17) is 0 Å². The van der Waals surface area contributed by atoms with Crippen LogP contribution in [0.1, 0.15) is 32.6 Å².